The third kappa shape index (κ3) is 5.37. The molecule has 0 aliphatic rings. The number of aromatic nitrogens is 5. The van der Waals surface area contributed by atoms with Crippen molar-refractivity contribution < 1.29 is 4.39 Å². The second-order valence-corrected chi connectivity index (χ2v) is 9.72. The van der Waals surface area contributed by atoms with E-state index in [1.807, 2.05) is 70.4 Å². The largest absolute Gasteiger partial charge is 0.384 e. The molecule has 0 saturated heterocycles. The van der Waals surface area contributed by atoms with Crippen LogP contribution in [0.1, 0.15) is 19.5 Å². The number of anilines is 1. The Morgan fingerprint density at radius 3 is 2.77 bits per heavy atom. The number of allylic oxidation sites excluding steroid dienone is 5. The van der Waals surface area contributed by atoms with Gasteiger partial charge >= 0.3 is 0 Å². The summed E-state index contributed by atoms with van der Waals surface area (Å²) in [4.78, 5) is 15.0. The minimum absolute atomic E-state index is 0.295. The smallest absolute Gasteiger partial charge is 0.138 e. The van der Waals surface area contributed by atoms with Crippen molar-refractivity contribution in [3.8, 4) is 22.5 Å². The van der Waals surface area contributed by atoms with Gasteiger partial charge in [0.05, 0.1) is 16.9 Å². The molecular weight excluding hydrogens is 489 g/mol. The normalized spacial score (nSPS) is 12.6. The van der Waals surface area contributed by atoms with Crippen LogP contribution in [0.3, 0.4) is 0 Å². The number of benzene rings is 1. The summed E-state index contributed by atoms with van der Waals surface area (Å²) < 4.78 is 14.6. The summed E-state index contributed by atoms with van der Waals surface area (Å²) in [6.07, 6.45) is 7.52. The van der Waals surface area contributed by atoms with Crippen LogP contribution in [0, 0.1) is 5.82 Å². The molecule has 5 rings (SSSR count). The van der Waals surface area contributed by atoms with E-state index in [9.17, 15) is 4.39 Å². The molecule has 8 heteroatoms. The van der Waals surface area contributed by atoms with Gasteiger partial charge in [-0.15, -0.1) is 0 Å². The number of fused-ring (bicyclic) bond motifs is 2. The first-order valence-corrected chi connectivity index (χ1v) is 12.9. The number of hydrogen-bond acceptors (Lipinski definition) is 5. The van der Waals surface area contributed by atoms with E-state index in [4.69, 9.17) is 4.98 Å². The molecule has 0 unspecified atom stereocenters. The van der Waals surface area contributed by atoms with E-state index in [-0.39, 0.29) is 5.82 Å². The Morgan fingerprint density at radius 2 is 2.00 bits per heavy atom. The summed E-state index contributed by atoms with van der Waals surface area (Å²) in [5, 5.41) is 11.9. The van der Waals surface area contributed by atoms with Crippen LogP contribution in [0.15, 0.2) is 79.0 Å². The third-order valence-corrected chi connectivity index (χ3v) is 6.65. The zero-order chi connectivity index (χ0) is 27.5. The molecule has 4 aromatic heterocycles. The Balaban J connectivity index is 1.56. The maximum atomic E-state index is 14.6. The van der Waals surface area contributed by atoms with Crippen molar-refractivity contribution >= 4 is 33.3 Å². The predicted octanol–water partition coefficient (Wildman–Crippen LogP) is 6.82. The van der Waals surface area contributed by atoms with Gasteiger partial charge < -0.3 is 15.2 Å². The van der Waals surface area contributed by atoms with Crippen LogP contribution in [0.2, 0.25) is 0 Å². The Morgan fingerprint density at radius 1 is 1.15 bits per heavy atom. The highest BCUT2D eigenvalue weighted by Gasteiger charge is 2.17. The van der Waals surface area contributed by atoms with Crippen molar-refractivity contribution in [3.05, 3.63) is 90.6 Å². The Bertz CT molecular complexity index is 1720. The van der Waals surface area contributed by atoms with Gasteiger partial charge in [0.15, 0.2) is 0 Å². The highest BCUT2D eigenvalue weighted by Crippen LogP contribution is 2.34. The lowest BCUT2D eigenvalue weighted by molar-refractivity contribution is 0.425. The van der Waals surface area contributed by atoms with Gasteiger partial charge in [0, 0.05) is 30.4 Å². The Kier molecular flexibility index (Phi) is 7.38. The lowest BCUT2D eigenvalue weighted by Crippen LogP contribution is -2.20. The molecule has 3 N–H and O–H groups in total. The van der Waals surface area contributed by atoms with Crippen LogP contribution in [-0.4, -0.2) is 57.2 Å². The molecule has 198 valence electrons. The van der Waals surface area contributed by atoms with Gasteiger partial charge in [-0.2, -0.15) is 5.10 Å². The fourth-order valence-corrected chi connectivity index (χ4v) is 4.76. The van der Waals surface area contributed by atoms with E-state index in [2.05, 4.69) is 37.0 Å². The maximum absolute atomic E-state index is 14.6. The standard InChI is InChI=1S/C31H32FN7/c1-6-8-19(3)23(7-2)26-9-10-27-29(35-26)30(38-37-27)28-18-25-24(11-12-34-31(25)36-28)20-15-21(32)17-22(16-20)33-13-14-39(4)5/h6-12,15-18,33H,1,13-14H2,2-5H3,(H,34,36)(H,37,38)/b19-8-,23-7+. The molecule has 0 atom stereocenters. The SMILES string of the molecule is C=C/C=C(C)\C(=C/C)c1ccc2[nH]nc(-c3cc4c(-c5cc(F)cc(NCCN(C)C)c5)ccnc4[nH]3)c2n1. The zero-order valence-corrected chi connectivity index (χ0v) is 22.6. The minimum Gasteiger partial charge on any atom is -0.384 e. The minimum atomic E-state index is -0.295. The number of pyridine rings is 2. The van der Waals surface area contributed by atoms with Gasteiger partial charge in [-0.05, 0) is 92.7 Å². The molecule has 0 radical (unpaired) electrons. The fourth-order valence-electron chi connectivity index (χ4n) is 4.76. The molecule has 7 nitrogen and oxygen atoms in total. The molecule has 0 aliphatic carbocycles. The predicted molar refractivity (Wildman–Crippen MR) is 159 cm³/mol. The van der Waals surface area contributed by atoms with Crippen molar-refractivity contribution in [2.45, 2.75) is 13.8 Å². The average Bonchev–Trinajstić information content (AvgIpc) is 3.52. The van der Waals surface area contributed by atoms with Crippen LogP contribution < -0.4 is 5.32 Å². The highest BCUT2D eigenvalue weighted by molar-refractivity contribution is 5.99. The number of halogens is 1. The molecule has 1 aromatic carbocycles. The lowest BCUT2D eigenvalue weighted by atomic mass is 10.0. The number of nitrogens with one attached hydrogen (secondary N) is 3. The molecule has 0 saturated carbocycles. The molecular formula is C31H32FN7. The van der Waals surface area contributed by atoms with Crippen molar-refractivity contribution in [1.29, 1.82) is 0 Å². The first kappa shape index (κ1) is 26.1. The van der Waals surface area contributed by atoms with Crippen molar-refractivity contribution in [3.63, 3.8) is 0 Å². The summed E-state index contributed by atoms with van der Waals surface area (Å²) in [5.74, 6) is -0.295. The van der Waals surface area contributed by atoms with E-state index < -0.39 is 0 Å². The average molecular weight is 522 g/mol. The van der Waals surface area contributed by atoms with E-state index in [1.165, 1.54) is 6.07 Å². The Hall–Kier alpha value is -4.56. The molecule has 0 spiro atoms. The van der Waals surface area contributed by atoms with Gasteiger partial charge in [-0.25, -0.2) is 14.4 Å². The lowest BCUT2D eigenvalue weighted by Gasteiger charge is -2.13. The zero-order valence-electron chi connectivity index (χ0n) is 22.6. The van der Waals surface area contributed by atoms with Crippen LogP contribution in [0.5, 0.6) is 0 Å². The highest BCUT2D eigenvalue weighted by atomic mass is 19.1. The first-order chi connectivity index (χ1) is 18.9. The van der Waals surface area contributed by atoms with E-state index >= 15 is 0 Å². The van der Waals surface area contributed by atoms with Crippen LogP contribution in [0.25, 0.3) is 50.2 Å². The molecule has 39 heavy (non-hydrogen) atoms. The van der Waals surface area contributed by atoms with Crippen LogP contribution in [0.4, 0.5) is 10.1 Å². The van der Waals surface area contributed by atoms with E-state index in [0.29, 0.717) is 11.3 Å². The number of likely N-dealkylation sites (N-methyl/N-ethyl adjacent to an activating group) is 1. The van der Waals surface area contributed by atoms with Crippen molar-refractivity contribution in [2.75, 3.05) is 32.5 Å². The number of nitrogens with zero attached hydrogens (tertiary/aromatic N) is 4. The summed E-state index contributed by atoms with van der Waals surface area (Å²) in [7, 11) is 4.02. The van der Waals surface area contributed by atoms with Crippen molar-refractivity contribution in [1.82, 2.24) is 30.0 Å². The quantitative estimate of drug-likeness (QED) is 0.185. The van der Waals surface area contributed by atoms with Crippen molar-refractivity contribution in [2.24, 2.45) is 0 Å². The van der Waals surface area contributed by atoms with E-state index in [1.54, 1.807) is 18.3 Å². The summed E-state index contributed by atoms with van der Waals surface area (Å²) in [6.45, 7) is 9.41. The molecule has 0 fully saturated rings. The third-order valence-electron chi connectivity index (χ3n) is 6.65. The van der Waals surface area contributed by atoms with Gasteiger partial charge in [0.1, 0.15) is 22.7 Å². The first-order valence-electron chi connectivity index (χ1n) is 12.9. The number of rotatable bonds is 9. The maximum Gasteiger partial charge on any atom is 0.138 e. The van der Waals surface area contributed by atoms with Gasteiger partial charge in [0.2, 0.25) is 0 Å². The number of hydrogen-bond donors (Lipinski definition) is 3. The topological polar surface area (TPSA) is 85.5 Å². The van der Waals surface area contributed by atoms with Gasteiger partial charge in [0.25, 0.3) is 0 Å². The second-order valence-electron chi connectivity index (χ2n) is 9.72. The molecule has 5 aromatic rings. The van der Waals surface area contributed by atoms with E-state index in [0.717, 1.165) is 68.9 Å². The molecule has 4 heterocycles. The van der Waals surface area contributed by atoms with Crippen LogP contribution in [-0.2, 0) is 0 Å². The fraction of sp³-hybridized carbons (Fsp3) is 0.194. The molecule has 0 aliphatic heterocycles. The number of aromatic amines is 2. The Labute approximate surface area is 227 Å². The van der Waals surface area contributed by atoms with Crippen LogP contribution >= 0.6 is 0 Å². The van der Waals surface area contributed by atoms with Gasteiger partial charge in [-0.1, -0.05) is 24.8 Å². The monoisotopic (exact) mass is 521 g/mol. The molecule has 0 bridgehead atoms. The summed E-state index contributed by atoms with van der Waals surface area (Å²) in [5.41, 5.74) is 9.12. The van der Waals surface area contributed by atoms with Gasteiger partial charge in [-0.3, -0.25) is 5.10 Å². The molecule has 0 amide bonds. The summed E-state index contributed by atoms with van der Waals surface area (Å²) >= 11 is 0. The number of H-pyrrole nitrogens is 2. The summed E-state index contributed by atoms with van der Waals surface area (Å²) in [6, 6.07) is 12.9. The second kappa shape index (κ2) is 11.0.